The minimum absolute atomic E-state index is 0.0684. The SMILES string of the molecule is CCNC1C(S(=O)(=O)c2cccc(F)c2)CCC1(C)C. The molecule has 0 saturated heterocycles. The molecule has 0 spiro atoms. The first-order valence-corrected chi connectivity index (χ1v) is 8.56. The molecule has 0 aromatic heterocycles. The minimum Gasteiger partial charge on any atom is -0.312 e. The average molecular weight is 299 g/mol. The second kappa shape index (κ2) is 5.45. The van der Waals surface area contributed by atoms with E-state index in [4.69, 9.17) is 0 Å². The first-order chi connectivity index (χ1) is 9.29. The molecular formula is C15H22FNO2S. The molecule has 2 rings (SSSR count). The van der Waals surface area contributed by atoms with Crippen molar-refractivity contribution in [2.24, 2.45) is 5.41 Å². The highest BCUT2D eigenvalue weighted by molar-refractivity contribution is 7.92. The summed E-state index contributed by atoms with van der Waals surface area (Å²) in [5, 5.41) is 2.82. The van der Waals surface area contributed by atoms with Crippen LogP contribution in [0, 0.1) is 11.2 Å². The lowest BCUT2D eigenvalue weighted by Gasteiger charge is -2.31. The zero-order valence-electron chi connectivity index (χ0n) is 12.2. The molecule has 1 saturated carbocycles. The molecule has 1 aliphatic rings. The van der Waals surface area contributed by atoms with E-state index in [0.29, 0.717) is 6.42 Å². The van der Waals surface area contributed by atoms with E-state index in [2.05, 4.69) is 19.2 Å². The van der Waals surface area contributed by atoms with E-state index in [1.165, 1.54) is 18.2 Å². The molecule has 1 N–H and O–H groups in total. The summed E-state index contributed by atoms with van der Waals surface area (Å²) < 4.78 is 38.8. The van der Waals surface area contributed by atoms with Crippen molar-refractivity contribution < 1.29 is 12.8 Å². The maximum Gasteiger partial charge on any atom is 0.182 e. The Bertz CT molecular complexity index is 583. The predicted molar refractivity (Wildman–Crippen MR) is 77.9 cm³/mol. The summed E-state index contributed by atoms with van der Waals surface area (Å²) in [4.78, 5) is 0.0862. The molecule has 20 heavy (non-hydrogen) atoms. The Morgan fingerprint density at radius 1 is 1.40 bits per heavy atom. The normalized spacial score (nSPS) is 25.8. The van der Waals surface area contributed by atoms with Crippen LogP contribution in [0.2, 0.25) is 0 Å². The van der Waals surface area contributed by atoms with Crippen LogP contribution in [0.4, 0.5) is 4.39 Å². The molecular weight excluding hydrogens is 277 g/mol. The lowest BCUT2D eigenvalue weighted by atomic mass is 9.87. The maximum absolute atomic E-state index is 13.3. The maximum atomic E-state index is 13.3. The van der Waals surface area contributed by atoms with Crippen molar-refractivity contribution in [1.82, 2.24) is 5.32 Å². The van der Waals surface area contributed by atoms with Gasteiger partial charge in [0, 0.05) is 6.04 Å². The van der Waals surface area contributed by atoms with E-state index in [1.807, 2.05) is 6.92 Å². The standard InChI is InChI=1S/C15H22FNO2S/c1-4-17-14-13(8-9-15(14,2)3)20(18,19)12-7-5-6-11(16)10-12/h5-7,10,13-14,17H,4,8-9H2,1-3H3. The van der Waals surface area contributed by atoms with Crippen LogP contribution in [0.5, 0.6) is 0 Å². The number of hydrogen-bond acceptors (Lipinski definition) is 3. The van der Waals surface area contributed by atoms with Gasteiger partial charge in [0.2, 0.25) is 0 Å². The van der Waals surface area contributed by atoms with Gasteiger partial charge in [-0.1, -0.05) is 26.8 Å². The first kappa shape index (κ1) is 15.4. The summed E-state index contributed by atoms with van der Waals surface area (Å²) in [5.74, 6) is -0.511. The van der Waals surface area contributed by atoms with Crippen molar-refractivity contribution in [1.29, 1.82) is 0 Å². The molecule has 1 fully saturated rings. The zero-order valence-corrected chi connectivity index (χ0v) is 13.0. The summed E-state index contributed by atoms with van der Waals surface area (Å²) in [7, 11) is -3.51. The van der Waals surface area contributed by atoms with Crippen LogP contribution >= 0.6 is 0 Å². The Kier molecular flexibility index (Phi) is 4.21. The van der Waals surface area contributed by atoms with E-state index in [-0.39, 0.29) is 16.4 Å². The smallest absolute Gasteiger partial charge is 0.182 e. The van der Waals surface area contributed by atoms with Gasteiger partial charge in [-0.25, -0.2) is 12.8 Å². The highest BCUT2D eigenvalue weighted by Crippen LogP contribution is 2.42. The molecule has 0 amide bonds. The molecule has 5 heteroatoms. The van der Waals surface area contributed by atoms with Gasteiger partial charge in [-0.05, 0) is 43.0 Å². The van der Waals surface area contributed by atoms with Crippen LogP contribution in [0.1, 0.15) is 33.6 Å². The fourth-order valence-corrected chi connectivity index (χ4v) is 5.27. The summed E-state index contributed by atoms with van der Waals surface area (Å²) in [6, 6.07) is 5.21. The summed E-state index contributed by atoms with van der Waals surface area (Å²) in [6.45, 7) is 6.87. The van der Waals surface area contributed by atoms with Crippen LogP contribution in [0.15, 0.2) is 29.2 Å². The van der Waals surface area contributed by atoms with Gasteiger partial charge in [-0.3, -0.25) is 0 Å². The van der Waals surface area contributed by atoms with Gasteiger partial charge in [0.15, 0.2) is 9.84 Å². The third kappa shape index (κ3) is 2.74. The molecule has 112 valence electrons. The lowest BCUT2D eigenvalue weighted by molar-refractivity contribution is 0.288. The van der Waals surface area contributed by atoms with Crippen molar-refractivity contribution in [3.63, 3.8) is 0 Å². The number of halogens is 1. The van der Waals surface area contributed by atoms with E-state index in [1.54, 1.807) is 0 Å². The molecule has 3 nitrogen and oxygen atoms in total. The van der Waals surface area contributed by atoms with Crippen molar-refractivity contribution in [3.05, 3.63) is 30.1 Å². The highest BCUT2D eigenvalue weighted by Gasteiger charge is 2.47. The zero-order chi connectivity index (χ0) is 15.0. The third-order valence-corrected chi connectivity index (χ3v) is 6.45. The van der Waals surface area contributed by atoms with E-state index in [0.717, 1.165) is 19.0 Å². The molecule has 0 radical (unpaired) electrons. The average Bonchev–Trinajstić information content (AvgIpc) is 2.66. The molecule has 2 atom stereocenters. The van der Waals surface area contributed by atoms with Gasteiger partial charge in [0.1, 0.15) is 5.82 Å². The lowest BCUT2D eigenvalue weighted by Crippen LogP contribution is -2.47. The molecule has 1 aromatic rings. The largest absolute Gasteiger partial charge is 0.312 e. The Labute approximate surface area is 120 Å². The van der Waals surface area contributed by atoms with Crippen molar-refractivity contribution in [2.75, 3.05) is 6.54 Å². The van der Waals surface area contributed by atoms with Gasteiger partial charge < -0.3 is 5.32 Å². The fourth-order valence-electron chi connectivity index (χ4n) is 3.12. The van der Waals surface area contributed by atoms with E-state index < -0.39 is 20.9 Å². The Balaban J connectivity index is 2.39. The number of rotatable bonds is 4. The van der Waals surface area contributed by atoms with Crippen molar-refractivity contribution in [3.8, 4) is 0 Å². The van der Waals surface area contributed by atoms with Crippen LogP contribution < -0.4 is 5.32 Å². The second-order valence-electron chi connectivity index (χ2n) is 6.10. The molecule has 2 unspecified atom stereocenters. The van der Waals surface area contributed by atoms with E-state index >= 15 is 0 Å². The van der Waals surface area contributed by atoms with Gasteiger partial charge >= 0.3 is 0 Å². The monoisotopic (exact) mass is 299 g/mol. The predicted octanol–water partition coefficient (Wildman–Crippen LogP) is 2.77. The Hall–Kier alpha value is -0.940. The summed E-state index contributed by atoms with van der Waals surface area (Å²) in [5.41, 5.74) is -0.0684. The second-order valence-corrected chi connectivity index (χ2v) is 8.27. The Morgan fingerprint density at radius 3 is 2.70 bits per heavy atom. The molecule has 1 aliphatic carbocycles. The van der Waals surface area contributed by atoms with Gasteiger partial charge in [0.25, 0.3) is 0 Å². The number of hydrogen-bond donors (Lipinski definition) is 1. The number of nitrogens with one attached hydrogen (secondary N) is 1. The quantitative estimate of drug-likeness (QED) is 0.930. The topological polar surface area (TPSA) is 46.2 Å². The van der Waals surface area contributed by atoms with Crippen LogP contribution in [-0.2, 0) is 9.84 Å². The summed E-state index contributed by atoms with van der Waals surface area (Å²) >= 11 is 0. The highest BCUT2D eigenvalue weighted by atomic mass is 32.2. The molecule has 0 heterocycles. The Morgan fingerprint density at radius 2 is 2.10 bits per heavy atom. The van der Waals surface area contributed by atoms with Crippen molar-refractivity contribution >= 4 is 9.84 Å². The molecule has 1 aromatic carbocycles. The van der Waals surface area contributed by atoms with Gasteiger partial charge in [-0.2, -0.15) is 0 Å². The molecule has 0 aliphatic heterocycles. The minimum atomic E-state index is -3.51. The van der Waals surface area contributed by atoms with Gasteiger partial charge in [0.05, 0.1) is 10.1 Å². The fraction of sp³-hybridized carbons (Fsp3) is 0.600. The van der Waals surface area contributed by atoms with E-state index in [9.17, 15) is 12.8 Å². The van der Waals surface area contributed by atoms with Crippen LogP contribution in [0.3, 0.4) is 0 Å². The van der Waals surface area contributed by atoms with Gasteiger partial charge in [-0.15, -0.1) is 0 Å². The van der Waals surface area contributed by atoms with Crippen LogP contribution in [-0.4, -0.2) is 26.3 Å². The third-order valence-electron chi connectivity index (χ3n) is 4.23. The first-order valence-electron chi connectivity index (χ1n) is 7.02. The summed E-state index contributed by atoms with van der Waals surface area (Å²) in [6.07, 6.45) is 1.47. The molecule has 0 bridgehead atoms. The van der Waals surface area contributed by atoms with Crippen LogP contribution in [0.25, 0.3) is 0 Å². The van der Waals surface area contributed by atoms with Crippen molar-refractivity contribution in [2.45, 2.75) is 49.8 Å². The number of benzene rings is 1. The number of sulfone groups is 1.